The smallest absolute Gasteiger partial charge is 0.407 e. The topological polar surface area (TPSA) is 125 Å². The number of hydrogen-bond acceptors (Lipinski definition) is 10. The van der Waals surface area contributed by atoms with Crippen molar-refractivity contribution in [3.63, 3.8) is 0 Å². The molecular weight excluding hydrogens is 641 g/mol. The molecule has 0 aliphatic carbocycles. The minimum atomic E-state index is -0.606. The Kier molecular flexibility index (Phi) is 10.6. The summed E-state index contributed by atoms with van der Waals surface area (Å²) < 4.78 is 32.7. The van der Waals surface area contributed by atoms with E-state index in [0.29, 0.717) is 49.4 Å². The lowest BCUT2D eigenvalue weighted by Gasteiger charge is -2.33. The van der Waals surface area contributed by atoms with E-state index >= 15 is 0 Å². The van der Waals surface area contributed by atoms with Crippen molar-refractivity contribution < 1.29 is 42.8 Å². The van der Waals surface area contributed by atoms with Gasteiger partial charge in [0, 0.05) is 54.3 Å². The molecule has 2 saturated heterocycles. The Morgan fingerprint density at radius 3 is 2.59 bits per heavy atom. The summed E-state index contributed by atoms with van der Waals surface area (Å²) >= 11 is 12.9. The van der Waals surface area contributed by atoms with Crippen LogP contribution in [0.1, 0.15) is 38.5 Å². The van der Waals surface area contributed by atoms with Crippen molar-refractivity contribution in [1.29, 1.82) is 0 Å². The number of carbonyl (C=O) groups excluding carboxylic acids is 3. The number of carbonyl (C=O) groups is 3. The number of hydrogen-bond donors (Lipinski definition) is 1. The number of amides is 2. The summed E-state index contributed by atoms with van der Waals surface area (Å²) in [7, 11) is 2.07. The van der Waals surface area contributed by atoms with Gasteiger partial charge in [-0.2, -0.15) is 0 Å². The van der Waals surface area contributed by atoms with E-state index < -0.39 is 30.5 Å². The van der Waals surface area contributed by atoms with Crippen LogP contribution in [0.4, 0.5) is 4.79 Å². The number of rotatable bonds is 13. The zero-order chi connectivity index (χ0) is 32.2. The van der Waals surface area contributed by atoms with Gasteiger partial charge in [0.05, 0.1) is 39.6 Å². The van der Waals surface area contributed by atoms with Crippen molar-refractivity contribution in [1.82, 2.24) is 15.1 Å². The third kappa shape index (κ3) is 7.28. The van der Waals surface area contributed by atoms with Gasteiger partial charge in [-0.15, -0.1) is 0 Å². The maximum absolute atomic E-state index is 13.3. The first-order chi connectivity index (χ1) is 22.3. The molecule has 2 aromatic rings. The highest BCUT2D eigenvalue weighted by atomic mass is 35.5. The zero-order valence-electron chi connectivity index (χ0n) is 25.5. The van der Waals surface area contributed by atoms with E-state index in [1.807, 2.05) is 18.2 Å². The maximum Gasteiger partial charge on any atom is 0.407 e. The van der Waals surface area contributed by atoms with Crippen LogP contribution in [0.25, 0.3) is 0 Å². The van der Waals surface area contributed by atoms with Crippen LogP contribution in [0.5, 0.6) is 0 Å². The molecule has 0 bridgehead atoms. The molecule has 2 aromatic carbocycles. The van der Waals surface area contributed by atoms with E-state index in [9.17, 15) is 14.4 Å². The molecule has 46 heavy (non-hydrogen) atoms. The van der Waals surface area contributed by atoms with E-state index in [1.54, 1.807) is 11.0 Å². The fourth-order valence-electron chi connectivity index (χ4n) is 6.53. The van der Waals surface area contributed by atoms with Gasteiger partial charge in [-0.1, -0.05) is 35.3 Å². The highest BCUT2D eigenvalue weighted by Crippen LogP contribution is 2.39. The quantitative estimate of drug-likeness (QED) is 0.250. The molecule has 4 heterocycles. The molecule has 5 unspecified atom stereocenters. The number of ether oxygens (including phenoxy) is 6. The van der Waals surface area contributed by atoms with E-state index in [-0.39, 0.29) is 38.2 Å². The largest absolute Gasteiger partial charge is 0.459 e. The molecule has 4 aliphatic heterocycles. The number of likely N-dealkylation sites (N-methyl/N-ethyl adjacent to an activating group) is 1. The van der Waals surface area contributed by atoms with E-state index in [1.165, 1.54) is 0 Å². The lowest BCUT2D eigenvalue weighted by Crippen LogP contribution is -2.38. The molecule has 4 aliphatic rings. The average Bonchev–Trinajstić information content (AvgIpc) is 3.71. The number of benzene rings is 2. The first-order valence-electron chi connectivity index (χ1n) is 15.3. The molecular formula is C32H37Cl2N3O9. The monoisotopic (exact) mass is 677 g/mol. The summed E-state index contributed by atoms with van der Waals surface area (Å²) in [4.78, 5) is 40.0. The van der Waals surface area contributed by atoms with Gasteiger partial charge in [0.2, 0.25) is 0 Å². The Labute approximate surface area is 277 Å². The van der Waals surface area contributed by atoms with Crippen LogP contribution in [0, 0.1) is 0 Å². The molecule has 0 radical (unpaired) electrons. The Morgan fingerprint density at radius 1 is 1.02 bits per heavy atom. The van der Waals surface area contributed by atoms with Gasteiger partial charge in [-0.3, -0.25) is 9.59 Å². The lowest BCUT2D eigenvalue weighted by atomic mass is 9.84. The van der Waals surface area contributed by atoms with E-state index in [0.717, 1.165) is 40.9 Å². The number of alkyl carbamates (subject to hydrolysis) is 1. The third-order valence-corrected chi connectivity index (χ3v) is 9.31. The molecule has 5 atom stereocenters. The van der Waals surface area contributed by atoms with Crippen LogP contribution in [0.3, 0.4) is 0 Å². The summed E-state index contributed by atoms with van der Waals surface area (Å²) in [6, 6.07) is 9.93. The van der Waals surface area contributed by atoms with Crippen LogP contribution < -0.4 is 5.32 Å². The van der Waals surface area contributed by atoms with Crippen LogP contribution in [0.15, 0.2) is 30.3 Å². The van der Waals surface area contributed by atoms with Crippen molar-refractivity contribution in [2.45, 2.75) is 43.4 Å². The molecule has 0 saturated carbocycles. The number of nitrogens with one attached hydrogen (secondary N) is 1. The lowest BCUT2D eigenvalue weighted by molar-refractivity contribution is -0.138. The summed E-state index contributed by atoms with van der Waals surface area (Å²) in [5.41, 5.74) is 4.99. The van der Waals surface area contributed by atoms with Crippen molar-refractivity contribution in [2.75, 3.05) is 66.3 Å². The van der Waals surface area contributed by atoms with Crippen LogP contribution >= 0.6 is 23.2 Å². The first kappa shape index (κ1) is 33.0. The number of halogens is 2. The van der Waals surface area contributed by atoms with Crippen molar-refractivity contribution in [3.8, 4) is 0 Å². The average molecular weight is 679 g/mol. The number of fused-ring (bicyclic) bond motifs is 3. The Hall–Kier alpha value is -2.97. The molecule has 2 fully saturated rings. The summed E-state index contributed by atoms with van der Waals surface area (Å²) in [6.45, 7) is 4.92. The van der Waals surface area contributed by atoms with Crippen LogP contribution in [-0.2, 0) is 46.3 Å². The van der Waals surface area contributed by atoms with Crippen molar-refractivity contribution in [3.05, 3.63) is 68.2 Å². The second kappa shape index (κ2) is 14.8. The van der Waals surface area contributed by atoms with Crippen LogP contribution in [0.2, 0.25) is 10.0 Å². The van der Waals surface area contributed by atoms with Gasteiger partial charge in [-0.05, 0) is 47.5 Å². The van der Waals surface area contributed by atoms with Gasteiger partial charge >= 0.3 is 6.09 Å². The van der Waals surface area contributed by atoms with Gasteiger partial charge in [0.25, 0.3) is 12.4 Å². The van der Waals surface area contributed by atoms with E-state index in [2.05, 4.69) is 23.3 Å². The van der Waals surface area contributed by atoms with Gasteiger partial charge in [0.15, 0.2) is 12.2 Å². The van der Waals surface area contributed by atoms with E-state index in [4.69, 9.17) is 51.6 Å². The minimum absolute atomic E-state index is 0.00327. The second-order valence-electron chi connectivity index (χ2n) is 11.8. The van der Waals surface area contributed by atoms with Gasteiger partial charge < -0.3 is 43.5 Å². The van der Waals surface area contributed by atoms with Crippen molar-refractivity contribution in [2.24, 2.45) is 0 Å². The summed E-state index contributed by atoms with van der Waals surface area (Å²) in [6.07, 6.45) is -2.58. The van der Waals surface area contributed by atoms with Gasteiger partial charge in [0.1, 0.15) is 12.2 Å². The molecule has 248 valence electrons. The fraction of sp³-hybridized carbons (Fsp3) is 0.531. The third-order valence-electron chi connectivity index (χ3n) is 8.75. The summed E-state index contributed by atoms with van der Waals surface area (Å²) in [5, 5.41) is 3.91. The molecule has 1 N–H and O–H groups in total. The second-order valence-corrected chi connectivity index (χ2v) is 12.7. The Bertz CT molecular complexity index is 1450. The molecule has 2 amide bonds. The standard InChI is InChI=1S/C32H37Cl2N3O9/c1-36-14-24(23-11-21(33)12-26(34)25(23)15-36)19-2-3-20-13-37(31(39)22(20)10-19)5-7-42-9-8-41-6-4-35-32(40)46-28-17-44-29-27(45-18-38)16-43-30(28)29/h2-3,10-12,18,24,27-30H,4-9,13-17H2,1H3,(H,35,40). The fourth-order valence-corrected chi connectivity index (χ4v) is 7.09. The Balaban J connectivity index is 0.873. The highest BCUT2D eigenvalue weighted by Gasteiger charge is 2.50. The molecule has 0 spiro atoms. The predicted octanol–water partition coefficient (Wildman–Crippen LogP) is 2.99. The highest BCUT2D eigenvalue weighted by molar-refractivity contribution is 6.35. The van der Waals surface area contributed by atoms with Gasteiger partial charge in [-0.25, -0.2) is 4.79 Å². The molecule has 12 nitrogen and oxygen atoms in total. The molecule has 0 aromatic heterocycles. The number of nitrogens with zero attached hydrogens (tertiary/aromatic N) is 2. The minimum Gasteiger partial charge on any atom is -0.459 e. The summed E-state index contributed by atoms with van der Waals surface area (Å²) in [5.74, 6) is 0.0625. The first-order valence-corrected chi connectivity index (χ1v) is 16.1. The molecule has 6 rings (SSSR count). The molecule has 14 heteroatoms. The van der Waals surface area contributed by atoms with Crippen molar-refractivity contribution >= 4 is 41.7 Å². The zero-order valence-corrected chi connectivity index (χ0v) is 27.0. The normalized spacial score (nSPS) is 25.2. The SMILES string of the molecule is CN1Cc2c(Cl)cc(Cl)cc2C(c2ccc3c(c2)C(=O)N(CCOCCOCCNC(=O)OC2COC4C(OC=O)COC24)C3)C1. The maximum atomic E-state index is 13.3. The van der Waals surface area contributed by atoms with Crippen LogP contribution in [-0.4, -0.2) is 119 Å². The Morgan fingerprint density at radius 2 is 1.78 bits per heavy atom. The predicted molar refractivity (Wildman–Crippen MR) is 166 cm³/mol.